The third-order valence-electron chi connectivity index (χ3n) is 7.60. The van der Waals surface area contributed by atoms with Crippen LogP contribution in [-0.2, 0) is 32.5 Å². The number of amides is 3. The van der Waals surface area contributed by atoms with E-state index < -0.39 is 18.0 Å². The first kappa shape index (κ1) is 26.9. The minimum absolute atomic E-state index is 0.186. The van der Waals surface area contributed by atoms with Gasteiger partial charge in [0, 0.05) is 20.1 Å². The Labute approximate surface area is 216 Å². The van der Waals surface area contributed by atoms with Crippen molar-refractivity contribution in [1.82, 2.24) is 14.5 Å². The molecular weight excluding hydrogens is 476 g/mol. The first-order valence-corrected chi connectivity index (χ1v) is 13.1. The minimum atomic E-state index is -0.748. The highest BCUT2D eigenvalue weighted by Gasteiger charge is 2.34. The van der Waals surface area contributed by atoms with Crippen molar-refractivity contribution in [2.24, 2.45) is 24.1 Å². The van der Waals surface area contributed by atoms with Crippen molar-refractivity contribution in [2.75, 3.05) is 6.61 Å². The molecule has 10 heteroatoms. The number of ether oxygens (including phenoxy) is 2. The molecule has 0 bridgehead atoms. The molecule has 1 aromatic heterocycles. The lowest BCUT2D eigenvalue weighted by Crippen LogP contribution is -2.44. The van der Waals surface area contributed by atoms with Gasteiger partial charge < -0.3 is 15.2 Å². The summed E-state index contributed by atoms with van der Waals surface area (Å²) in [5.41, 5.74) is 7.41. The van der Waals surface area contributed by atoms with E-state index in [0.29, 0.717) is 25.4 Å². The van der Waals surface area contributed by atoms with E-state index in [0.717, 1.165) is 42.3 Å². The van der Waals surface area contributed by atoms with Gasteiger partial charge in [-0.05, 0) is 61.5 Å². The molecule has 1 unspecified atom stereocenters. The largest absolute Gasteiger partial charge is 0.446 e. The van der Waals surface area contributed by atoms with Gasteiger partial charge in [0.2, 0.25) is 11.8 Å². The molecule has 1 saturated carbocycles. The van der Waals surface area contributed by atoms with E-state index in [-0.39, 0.29) is 35.6 Å². The molecule has 0 spiro atoms. The van der Waals surface area contributed by atoms with E-state index in [1.165, 1.54) is 4.57 Å². The summed E-state index contributed by atoms with van der Waals surface area (Å²) in [5.74, 6) is -0.277. The maximum absolute atomic E-state index is 13.1. The van der Waals surface area contributed by atoms with Crippen LogP contribution in [-0.4, -0.2) is 45.9 Å². The number of carbonyl (C=O) groups excluding carboxylic acids is 3. The molecule has 202 valence electrons. The number of nitrogens with one attached hydrogen (secondary N) is 1. The summed E-state index contributed by atoms with van der Waals surface area (Å²) in [6, 6.07) is 5.14. The summed E-state index contributed by atoms with van der Waals surface area (Å²) in [6.07, 6.45) is 3.93. The Morgan fingerprint density at radius 1 is 1.22 bits per heavy atom. The maximum Gasteiger partial charge on any atom is 0.404 e. The average molecular weight is 515 g/mol. The molecule has 2 aromatic rings. The molecule has 1 aliphatic carbocycles. The van der Waals surface area contributed by atoms with E-state index in [2.05, 4.69) is 5.32 Å². The van der Waals surface area contributed by atoms with E-state index in [9.17, 15) is 19.2 Å². The van der Waals surface area contributed by atoms with Gasteiger partial charge in [-0.15, -0.1) is 0 Å². The summed E-state index contributed by atoms with van der Waals surface area (Å²) >= 11 is 0. The minimum Gasteiger partial charge on any atom is -0.446 e. The first-order chi connectivity index (χ1) is 17.5. The number of hydrogen-bond donors (Lipinski definition) is 2. The molecule has 1 aliphatic heterocycles. The Kier molecular flexibility index (Phi) is 7.77. The van der Waals surface area contributed by atoms with Gasteiger partial charge in [0.15, 0.2) is 0 Å². The molecule has 2 atom stereocenters. The third kappa shape index (κ3) is 5.89. The van der Waals surface area contributed by atoms with Crippen molar-refractivity contribution in [3.63, 3.8) is 0 Å². The smallest absolute Gasteiger partial charge is 0.404 e. The van der Waals surface area contributed by atoms with Gasteiger partial charge in [0.1, 0.15) is 12.1 Å². The fourth-order valence-electron chi connectivity index (χ4n) is 5.53. The molecular formula is C27H38N4O6. The Morgan fingerprint density at radius 3 is 2.59 bits per heavy atom. The molecule has 1 saturated heterocycles. The number of nitrogens with two attached hydrogens (primary N) is 1. The quantitative estimate of drug-likeness (QED) is 0.390. The normalized spacial score (nSPS) is 23.0. The molecule has 4 rings (SSSR count). The number of primary amides is 1. The van der Waals surface area contributed by atoms with Gasteiger partial charge >= 0.3 is 11.8 Å². The lowest BCUT2D eigenvalue weighted by Gasteiger charge is -2.36. The second-order valence-electron chi connectivity index (χ2n) is 11.4. The van der Waals surface area contributed by atoms with Crippen LogP contribution in [0.25, 0.3) is 11.0 Å². The van der Waals surface area contributed by atoms with Crippen molar-refractivity contribution >= 4 is 28.9 Å². The predicted molar refractivity (Wildman–Crippen MR) is 138 cm³/mol. The van der Waals surface area contributed by atoms with Gasteiger partial charge in [-0.2, -0.15) is 0 Å². The third-order valence-corrected chi connectivity index (χ3v) is 7.60. The Morgan fingerprint density at radius 2 is 1.95 bits per heavy atom. The molecule has 0 radical (unpaired) electrons. The summed E-state index contributed by atoms with van der Waals surface area (Å²) in [5, 5.41) is 2.35. The number of imidazole rings is 1. The van der Waals surface area contributed by atoms with E-state index in [1.807, 2.05) is 39.0 Å². The van der Waals surface area contributed by atoms with Crippen molar-refractivity contribution in [1.29, 1.82) is 0 Å². The van der Waals surface area contributed by atoms with Crippen molar-refractivity contribution in [2.45, 2.75) is 84.0 Å². The zero-order chi connectivity index (χ0) is 26.9. The molecule has 10 nitrogen and oxygen atoms in total. The number of nitrogens with zero attached hydrogens (tertiary/aromatic N) is 2. The number of rotatable bonds is 9. The monoisotopic (exact) mass is 514 g/mol. The second-order valence-corrected chi connectivity index (χ2v) is 11.4. The first-order valence-electron chi connectivity index (χ1n) is 13.1. The molecule has 3 N–H and O–H groups in total. The van der Waals surface area contributed by atoms with E-state index in [4.69, 9.17) is 15.2 Å². The van der Waals surface area contributed by atoms with Gasteiger partial charge in [-0.1, -0.05) is 32.9 Å². The van der Waals surface area contributed by atoms with Crippen molar-refractivity contribution in [3.05, 3.63) is 34.2 Å². The number of carbonyl (C=O) groups is 3. The average Bonchev–Trinajstić information content (AvgIpc) is 3.03. The van der Waals surface area contributed by atoms with Crippen LogP contribution in [0.3, 0.4) is 0 Å². The van der Waals surface area contributed by atoms with Crippen LogP contribution in [0.4, 0.5) is 4.79 Å². The van der Waals surface area contributed by atoms with Crippen LogP contribution in [0, 0.1) is 11.3 Å². The van der Waals surface area contributed by atoms with Crippen LogP contribution in [0.1, 0.15) is 70.9 Å². The molecule has 2 aliphatic rings. The number of hydrogen-bond acceptors (Lipinski definition) is 6. The van der Waals surface area contributed by atoms with Gasteiger partial charge in [0.05, 0.1) is 17.1 Å². The fraction of sp³-hybridized carbons (Fsp3) is 0.630. The van der Waals surface area contributed by atoms with Crippen LogP contribution in [0.2, 0.25) is 0 Å². The fourth-order valence-corrected chi connectivity index (χ4v) is 5.53. The van der Waals surface area contributed by atoms with Crippen LogP contribution in [0.5, 0.6) is 0 Å². The topological polar surface area (TPSA) is 135 Å². The summed E-state index contributed by atoms with van der Waals surface area (Å²) in [4.78, 5) is 48.3. The highest BCUT2D eigenvalue weighted by molar-refractivity contribution is 6.00. The molecule has 2 fully saturated rings. The summed E-state index contributed by atoms with van der Waals surface area (Å²) < 4.78 is 14.5. The zero-order valence-electron chi connectivity index (χ0n) is 22.1. The number of fused-ring (bicyclic) bond motifs is 1. The van der Waals surface area contributed by atoms with E-state index in [1.54, 1.807) is 11.6 Å². The number of piperidine rings is 1. The Bertz CT molecular complexity index is 1230. The van der Waals surface area contributed by atoms with E-state index >= 15 is 0 Å². The second kappa shape index (κ2) is 10.7. The molecule has 37 heavy (non-hydrogen) atoms. The predicted octanol–water partition coefficient (Wildman–Crippen LogP) is 2.95. The van der Waals surface area contributed by atoms with Crippen LogP contribution in [0.15, 0.2) is 23.0 Å². The number of benzene rings is 1. The standard InChI is InChI=1S/C27H38N4O6/c1-27(2,3)21(37-25(28)34)9-6-12-36-18-14-16(15-18)13-17-7-5-8-19-23(17)30(4)26(35)31(19)20-10-11-22(32)29-24(20)33/h5,7-8,16,18,20-21H,6,9-15H2,1-4H3,(H2,28,34)(H,29,32,33)/t16?,18?,20-,21?/m1/s1. The van der Waals surface area contributed by atoms with Crippen LogP contribution < -0.4 is 16.7 Å². The maximum atomic E-state index is 13.1. The lowest BCUT2D eigenvalue weighted by molar-refractivity contribution is -0.135. The number of para-hydroxylation sites is 1. The number of aryl methyl sites for hydroxylation is 1. The highest BCUT2D eigenvalue weighted by Crippen LogP contribution is 2.35. The Balaban J connectivity index is 1.34. The molecule has 3 amide bonds. The summed E-state index contributed by atoms with van der Waals surface area (Å²) in [7, 11) is 1.73. The zero-order valence-corrected chi connectivity index (χ0v) is 22.1. The van der Waals surface area contributed by atoms with Gasteiger partial charge in [0.25, 0.3) is 0 Å². The Hall–Kier alpha value is -3.14. The van der Waals surface area contributed by atoms with Gasteiger partial charge in [-0.3, -0.25) is 24.0 Å². The number of imide groups is 1. The SMILES string of the molecule is Cn1c(=O)n([C@@H]2CCC(=O)NC2=O)c2cccc(CC3CC(OCCCC(OC(N)=O)C(C)(C)C)C3)c21. The molecule has 1 aromatic carbocycles. The highest BCUT2D eigenvalue weighted by atomic mass is 16.6. The van der Waals surface area contributed by atoms with Crippen molar-refractivity contribution in [3.8, 4) is 0 Å². The van der Waals surface area contributed by atoms with Gasteiger partial charge in [-0.25, -0.2) is 9.59 Å². The summed E-state index contributed by atoms with van der Waals surface area (Å²) in [6.45, 7) is 6.67. The van der Waals surface area contributed by atoms with Crippen molar-refractivity contribution < 1.29 is 23.9 Å². The number of aromatic nitrogens is 2. The van der Waals surface area contributed by atoms with Crippen LogP contribution >= 0.6 is 0 Å². The molecule has 2 heterocycles. The lowest BCUT2D eigenvalue weighted by atomic mass is 9.78.